The molecular weight excluding hydrogens is 609 g/mol. The van der Waals surface area contributed by atoms with Crippen LogP contribution in [0, 0.1) is 0 Å². The van der Waals surface area contributed by atoms with E-state index in [1.165, 1.54) is 53.1 Å². The van der Waals surface area contributed by atoms with Crippen molar-refractivity contribution in [3.63, 3.8) is 0 Å². The summed E-state index contributed by atoms with van der Waals surface area (Å²) in [6.07, 6.45) is -0.428. The number of anilines is 1. The molecule has 0 amide bonds. The van der Waals surface area contributed by atoms with Gasteiger partial charge in [0.1, 0.15) is 16.9 Å². The first-order valence-corrected chi connectivity index (χ1v) is 17.0. The highest BCUT2D eigenvalue weighted by Gasteiger charge is 2.32. The molecule has 1 aliphatic heterocycles. The third-order valence-electron chi connectivity index (χ3n) is 9.85. The van der Waals surface area contributed by atoms with Gasteiger partial charge in [-0.2, -0.15) is 0 Å². The first-order chi connectivity index (χ1) is 23.8. The van der Waals surface area contributed by atoms with Crippen LogP contribution < -0.4 is 10.1 Å². The Balaban J connectivity index is 1.15. The van der Waals surface area contributed by atoms with Gasteiger partial charge in [0, 0.05) is 41.9 Å². The fraction of sp³-hybridized carbons (Fsp3) is 0.0233. The summed E-state index contributed by atoms with van der Waals surface area (Å²) in [5.41, 5.74) is 9.47. The molecule has 0 fully saturated rings. The number of benzene rings is 7. The molecule has 0 saturated carbocycles. The van der Waals surface area contributed by atoms with E-state index in [-0.39, 0.29) is 0 Å². The van der Waals surface area contributed by atoms with E-state index >= 15 is 0 Å². The van der Waals surface area contributed by atoms with Crippen LogP contribution in [0.15, 0.2) is 150 Å². The molecule has 0 aliphatic carbocycles. The number of thiophene rings is 1. The quantitative estimate of drug-likeness (QED) is 0.210. The van der Waals surface area contributed by atoms with E-state index in [4.69, 9.17) is 9.15 Å². The predicted octanol–water partition coefficient (Wildman–Crippen LogP) is 12.2. The molecule has 0 radical (unpaired) electrons. The Morgan fingerprint density at radius 3 is 2.06 bits per heavy atom. The zero-order valence-corrected chi connectivity index (χ0v) is 26.4. The Morgan fingerprint density at radius 2 is 1.27 bits per heavy atom. The molecule has 0 bridgehead atoms. The van der Waals surface area contributed by atoms with Crippen LogP contribution in [0.3, 0.4) is 0 Å². The molecule has 3 aromatic heterocycles. The Labute approximate surface area is 279 Å². The average Bonchev–Trinajstić information content (AvgIpc) is 3.91. The molecule has 226 valence electrons. The van der Waals surface area contributed by atoms with Crippen LogP contribution in [-0.2, 0) is 0 Å². The molecule has 48 heavy (non-hydrogen) atoms. The van der Waals surface area contributed by atoms with E-state index in [0.29, 0.717) is 0 Å². The summed E-state index contributed by atoms with van der Waals surface area (Å²) in [4.78, 5) is 0. The summed E-state index contributed by atoms with van der Waals surface area (Å²) >= 11 is 1.84. The third kappa shape index (κ3) is 3.54. The van der Waals surface area contributed by atoms with Gasteiger partial charge in [0.05, 0.1) is 33.4 Å². The van der Waals surface area contributed by atoms with E-state index in [2.05, 4.69) is 149 Å². The molecule has 10 aromatic rings. The molecular formula is C43H26N2O2S. The van der Waals surface area contributed by atoms with E-state index in [1.54, 1.807) is 0 Å². The van der Waals surface area contributed by atoms with Crippen LogP contribution in [0.5, 0.6) is 5.75 Å². The first kappa shape index (κ1) is 26.1. The Bertz CT molecular complexity index is 2860. The van der Waals surface area contributed by atoms with Crippen molar-refractivity contribution in [3.05, 3.63) is 151 Å². The van der Waals surface area contributed by atoms with E-state index in [9.17, 15) is 0 Å². The lowest BCUT2D eigenvalue weighted by atomic mass is 10.0. The summed E-state index contributed by atoms with van der Waals surface area (Å²) in [7, 11) is 0. The average molecular weight is 635 g/mol. The van der Waals surface area contributed by atoms with Gasteiger partial charge in [0.15, 0.2) is 6.23 Å². The minimum Gasteiger partial charge on any atom is -0.464 e. The van der Waals surface area contributed by atoms with Gasteiger partial charge in [-0.25, -0.2) is 0 Å². The molecule has 5 heteroatoms. The second-order valence-corrected chi connectivity index (χ2v) is 13.5. The summed E-state index contributed by atoms with van der Waals surface area (Å²) in [6.45, 7) is 0. The predicted molar refractivity (Wildman–Crippen MR) is 200 cm³/mol. The number of furan rings is 1. The van der Waals surface area contributed by atoms with Gasteiger partial charge in [-0.15, -0.1) is 11.3 Å². The van der Waals surface area contributed by atoms with Crippen LogP contribution in [-0.4, -0.2) is 4.57 Å². The summed E-state index contributed by atoms with van der Waals surface area (Å²) in [6, 6.07) is 51.5. The number of nitrogens with zero attached hydrogens (tertiary/aromatic N) is 1. The monoisotopic (exact) mass is 634 g/mol. The standard InChI is InChI=1S/C43H26N2O2S/c1-2-12-25(13-3-1)31-24-36-40(39-29-17-7-11-21-37(29)48-42(31)39)44-43(47-36)30-22-23-34(38-28-16-6-10-20-35(28)46-41(30)38)45-32-18-8-4-14-26(32)27-15-5-9-19-33(27)45/h1-24,43-44H. The molecule has 1 N–H and O–H groups in total. The van der Waals surface area contributed by atoms with Crippen molar-refractivity contribution in [2.24, 2.45) is 0 Å². The Morgan fingerprint density at radius 1 is 0.604 bits per heavy atom. The number of hydrogen-bond donors (Lipinski definition) is 1. The lowest BCUT2D eigenvalue weighted by Gasteiger charge is -2.15. The molecule has 11 rings (SSSR count). The molecule has 4 nitrogen and oxygen atoms in total. The van der Waals surface area contributed by atoms with Crippen LogP contribution >= 0.6 is 11.3 Å². The van der Waals surface area contributed by atoms with E-state index < -0.39 is 6.23 Å². The largest absolute Gasteiger partial charge is 0.464 e. The van der Waals surface area contributed by atoms with E-state index in [0.717, 1.165) is 44.6 Å². The Hall–Kier alpha value is -6.04. The minimum absolute atomic E-state index is 0.428. The molecule has 7 aromatic carbocycles. The molecule has 0 saturated heterocycles. The SMILES string of the molecule is c1ccc(-c2cc3c(c4c2sc2ccccc24)NC(c2ccc(-n4c5ccccc5c5ccccc54)c4c2oc2ccccc24)O3)cc1. The number of fused-ring (bicyclic) bond motifs is 11. The van der Waals surface area contributed by atoms with Gasteiger partial charge in [0.2, 0.25) is 0 Å². The summed E-state index contributed by atoms with van der Waals surface area (Å²) < 4.78 is 18.5. The van der Waals surface area contributed by atoms with Crippen LogP contribution in [0.25, 0.3) is 80.7 Å². The zero-order chi connectivity index (χ0) is 31.3. The van der Waals surface area contributed by atoms with Crippen molar-refractivity contribution in [3.8, 4) is 22.6 Å². The van der Waals surface area contributed by atoms with Gasteiger partial charge in [-0.1, -0.05) is 103 Å². The summed E-state index contributed by atoms with van der Waals surface area (Å²) in [5.74, 6) is 0.852. The second kappa shape index (κ2) is 9.74. The molecule has 0 spiro atoms. The third-order valence-corrected chi connectivity index (χ3v) is 11.1. The maximum Gasteiger partial charge on any atom is 0.200 e. The molecule has 4 heterocycles. The Kier molecular flexibility index (Phi) is 5.29. The molecule has 1 aliphatic rings. The highest BCUT2D eigenvalue weighted by atomic mass is 32.1. The zero-order valence-electron chi connectivity index (χ0n) is 25.6. The highest BCUT2D eigenvalue weighted by molar-refractivity contribution is 7.26. The van der Waals surface area contributed by atoms with Crippen LogP contribution in [0.1, 0.15) is 11.8 Å². The van der Waals surface area contributed by atoms with Crippen LogP contribution in [0.4, 0.5) is 5.69 Å². The number of ether oxygens (including phenoxy) is 1. The minimum atomic E-state index is -0.428. The van der Waals surface area contributed by atoms with Crippen LogP contribution in [0.2, 0.25) is 0 Å². The topological polar surface area (TPSA) is 39.3 Å². The van der Waals surface area contributed by atoms with Crippen molar-refractivity contribution in [1.82, 2.24) is 4.57 Å². The second-order valence-electron chi connectivity index (χ2n) is 12.5. The number of para-hydroxylation sites is 3. The fourth-order valence-corrected chi connectivity index (χ4v) is 9.03. The van der Waals surface area contributed by atoms with Crippen molar-refractivity contribution in [2.45, 2.75) is 6.23 Å². The number of nitrogens with one attached hydrogen (secondary N) is 1. The maximum atomic E-state index is 6.88. The summed E-state index contributed by atoms with van der Waals surface area (Å²) in [5, 5.41) is 10.9. The fourth-order valence-electron chi connectivity index (χ4n) is 7.78. The van der Waals surface area contributed by atoms with Crippen molar-refractivity contribution < 1.29 is 9.15 Å². The van der Waals surface area contributed by atoms with Crippen molar-refractivity contribution >= 4 is 80.9 Å². The normalized spacial score (nSPS) is 14.4. The van der Waals surface area contributed by atoms with Crippen molar-refractivity contribution in [2.75, 3.05) is 5.32 Å². The lowest BCUT2D eigenvalue weighted by Crippen LogP contribution is -2.11. The highest BCUT2D eigenvalue weighted by Crippen LogP contribution is 2.53. The van der Waals surface area contributed by atoms with Gasteiger partial charge in [-0.05, 0) is 48.0 Å². The molecule has 1 unspecified atom stereocenters. The van der Waals surface area contributed by atoms with Gasteiger partial charge >= 0.3 is 0 Å². The van der Waals surface area contributed by atoms with Gasteiger partial charge in [-0.3, -0.25) is 0 Å². The number of hydrogen-bond acceptors (Lipinski definition) is 4. The van der Waals surface area contributed by atoms with E-state index in [1.807, 2.05) is 17.4 Å². The smallest absolute Gasteiger partial charge is 0.200 e. The first-order valence-electron chi connectivity index (χ1n) is 16.2. The maximum absolute atomic E-state index is 6.88. The van der Waals surface area contributed by atoms with Crippen molar-refractivity contribution in [1.29, 1.82) is 0 Å². The van der Waals surface area contributed by atoms with Gasteiger partial charge in [0.25, 0.3) is 0 Å². The number of rotatable bonds is 3. The van der Waals surface area contributed by atoms with Gasteiger partial charge < -0.3 is 19.0 Å². The lowest BCUT2D eigenvalue weighted by molar-refractivity contribution is 0.260. The number of aromatic nitrogens is 1. The molecule has 1 atom stereocenters.